The fourth-order valence-electron chi connectivity index (χ4n) is 1.90. The van der Waals surface area contributed by atoms with E-state index in [9.17, 15) is 13.2 Å². The first kappa shape index (κ1) is 15.0. The van der Waals surface area contributed by atoms with Crippen LogP contribution in [0.1, 0.15) is 18.2 Å². The minimum atomic E-state index is -4.32. The molecule has 0 unspecified atom stereocenters. The maximum atomic E-state index is 12.8. The first-order valence-corrected chi connectivity index (χ1v) is 7.16. The van der Waals surface area contributed by atoms with Crippen LogP contribution in [-0.2, 0) is 13.2 Å². The summed E-state index contributed by atoms with van der Waals surface area (Å²) in [5, 5.41) is 0. The van der Waals surface area contributed by atoms with Crippen LogP contribution >= 0.6 is 11.8 Å². The van der Waals surface area contributed by atoms with Crippen molar-refractivity contribution in [1.82, 2.24) is 9.55 Å². The maximum absolute atomic E-state index is 12.8. The zero-order valence-electron chi connectivity index (χ0n) is 11.5. The predicted octanol–water partition coefficient (Wildman–Crippen LogP) is 4.53. The van der Waals surface area contributed by atoms with Crippen molar-refractivity contribution in [1.29, 1.82) is 0 Å². The molecule has 0 aliphatic rings. The highest BCUT2D eigenvalue weighted by atomic mass is 32.2. The van der Waals surface area contributed by atoms with Crippen LogP contribution in [0.2, 0.25) is 0 Å². The second kappa shape index (κ2) is 5.52. The summed E-state index contributed by atoms with van der Waals surface area (Å²) in [4.78, 5) is 4.90. The molecule has 0 aliphatic carbocycles. The Balaban J connectivity index is 2.56. The van der Waals surface area contributed by atoms with Crippen molar-refractivity contribution in [3.05, 3.63) is 35.7 Å². The zero-order valence-corrected chi connectivity index (χ0v) is 12.3. The van der Waals surface area contributed by atoms with Crippen LogP contribution in [0, 0.1) is 6.92 Å². The van der Waals surface area contributed by atoms with Crippen LogP contribution in [0.4, 0.5) is 13.2 Å². The normalized spacial score (nSPS) is 11.9. The van der Waals surface area contributed by atoms with E-state index in [1.165, 1.54) is 23.9 Å². The highest BCUT2D eigenvalue weighted by molar-refractivity contribution is 7.99. The lowest BCUT2D eigenvalue weighted by Gasteiger charge is -2.13. The quantitative estimate of drug-likeness (QED) is 0.775. The number of thioether (sulfide) groups is 1. The Morgan fingerprint density at radius 1 is 1.30 bits per heavy atom. The molecule has 2 nitrogen and oxygen atoms in total. The highest BCUT2D eigenvalue weighted by Gasteiger charge is 2.31. The summed E-state index contributed by atoms with van der Waals surface area (Å²) < 4.78 is 40.3. The largest absolute Gasteiger partial charge is 0.416 e. The molecule has 0 saturated carbocycles. The van der Waals surface area contributed by atoms with Crippen LogP contribution in [0.5, 0.6) is 0 Å². The summed E-state index contributed by atoms with van der Waals surface area (Å²) in [6, 6.07) is 3.81. The lowest BCUT2D eigenvalue weighted by molar-refractivity contribution is -0.137. The number of hydrogen-bond donors (Lipinski definition) is 0. The third-order valence-corrected chi connectivity index (χ3v) is 4.01. The summed E-state index contributed by atoms with van der Waals surface area (Å²) >= 11 is 1.39. The number of imidazole rings is 1. The first-order valence-electron chi connectivity index (χ1n) is 6.17. The highest BCUT2D eigenvalue weighted by Crippen LogP contribution is 2.37. The molecule has 0 bridgehead atoms. The molecule has 0 spiro atoms. The van der Waals surface area contributed by atoms with E-state index in [0.717, 1.165) is 17.3 Å². The topological polar surface area (TPSA) is 17.8 Å². The monoisotopic (exact) mass is 300 g/mol. The van der Waals surface area contributed by atoms with Crippen molar-refractivity contribution in [2.24, 2.45) is 7.05 Å². The fraction of sp³-hybridized carbons (Fsp3) is 0.357. The van der Waals surface area contributed by atoms with Crippen LogP contribution in [0.15, 0.2) is 29.3 Å². The Kier molecular flexibility index (Phi) is 4.13. The van der Waals surface area contributed by atoms with Crippen LogP contribution < -0.4 is 0 Å². The lowest BCUT2D eigenvalue weighted by Crippen LogP contribution is -2.05. The van der Waals surface area contributed by atoms with Gasteiger partial charge in [-0.3, -0.25) is 0 Å². The van der Waals surface area contributed by atoms with Crippen molar-refractivity contribution < 1.29 is 13.2 Å². The second-order valence-electron chi connectivity index (χ2n) is 4.42. The predicted molar refractivity (Wildman–Crippen MR) is 74.8 cm³/mol. The minimum absolute atomic E-state index is 0.607. The average Bonchev–Trinajstić information content (AvgIpc) is 2.69. The van der Waals surface area contributed by atoms with E-state index in [4.69, 9.17) is 0 Å². The van der Waals surface area contributed by atoms with Gasteiger partial charge in [-0.2, -0.15) is 13.2 Å². The molecule has 20 heavy (non-hydrogen) atoms. The molecule has 0 atom stereocenters. The standard InChI is InChI=1S/C14H15F3N2S/c1-4-20-12-7-10(14(15,16)17)5-6-11(12)13-18-8-9(2)19(13)3/h5-8H,4H2,1-3H3. The molecule has 2 rings (SSSR count). The van der Waals surface area contributed by atoms with Gasteiger partial charge in [-0.25, -0.2) is 4.98 Å². The van der Waals surface area contributed by atoms with Crippen molar-refractivity contribution in [2.75, 3.05) is 5.75 Å². The van der Waals surface area contributed by atoms with E-state index >= 15 is 0 Å². The molecule has 0 radical (unpaired) electrons. The summed E-state index contributed by atoms with van der Waals surface area (Å²) in [6.45, 7) is 3.83. The van der Waals surface area contributed by atoms with Crippen LogP contribution in [0.3, 0.4) is 0 Å². The summed E-state index contributed by atoms with van der Waals surface area (Å²) in [5.41, 5.74) is 1.08. The van der Waals surface area contributed by atoms with E-state index in [2.05, 4.69) is 4.98 Å². The molecule has 0 aliphatic heterocycles. The van der Waals surface area contributed by atoms with Gasteiger partial charge in [0.25, 0.3) is 0 Å². The molecule has 0 saturated heterocycles. The summed E-state index contributed by atoms with van der Waals surface area (Å²) in [7, 11) is 1.86. The third-order valence-electron chi connectivity index (χ3n) is 3.07. The van der Waals surface area contributed by atoms with Crippen molar-refractivity contribution >= 4 is 11.8 Å². The number of benzene rings is 1. The van der Waals surface area contributed by atoms with Crippen molar-refractivity contribution in [2.45, 2.75) is 24.9 Å². The van der Waals surface area contributed by atoms with E-state index < -0.39 is 11.7 Å². The Morgan fingerprint density at radius 3 is 2.50 bits per heavy atom. The Bertz CT molecular complexity index is 617. The number of aryl methyl sites for hydroxylation is 1. The summed E-state index contributed by atoms with van der Waals surface area (Å²) in [5.74, 6) is 1.39. The number of nitrogens with zero attached hydrogens (tertiary/aromatic N) is 2. The van der Waals surface area contributed by atoms with E-state index in [0.29, 0.717) is 16.5 Å². The Labute approximate surface area is 120 Å². The van der Waals surface area contributed by atoms with Crippen molar-refractivity contribution in [3.8, 4) is 11.4 Å². The molecule has 0 amide bonds. The maximum Gasteiger partial charge on any atom is 0.416 e. The van der Waals surface area contributed by atoms with Crippen molar-refractivity contribution in [3.63, 3.8) is 0 Å². The summed E-state index contributed by atoms with van der Waals surface area (Å²) in [6.07, 6.45) is -2.60. The van der Waals surface area contributed by atoms with Crippen LogP contribution in [-0.4, -0.2) is 15.3 Å². The number of alkyl halides is 3. The molecule has 108 valence electrons. The van der Waals surface area contributed by atoms with E-state index in [1.807, 2.05) is 25.5 Å². The van der Waals surface area contributed by atoms with Gasteiger partial charge in [-0.05, 0) is 30.9 Å². The van der Waals surface area contributed by atoms with Gasteiger partial charge in [0.1, 0.15) is 5.82 Å². The average molecular weight is 300 g/mol. The van der Waals surface area contributed by atoms with Crippen LogP contribution in [0.25, 0.3) is 11.4 Å². The Hall–Kier alpha value is -1.43. The van der Waals surface area contributed by atoms with E-state index in [1.54, 1.807) is 6.20 Å². The molecule has 0 fully saturated rings. The van der Waals surface area contributed by atoms with Gasteiger partial charge in [-0.15, -0.1) is 11.8 Å². The molecule has 0 N–H and O–H groups in total. The van der Waals surface area contributed by atoms with Gasteiger partial charge in [0.15, 0.2) is 0 Å². The first-order chi connectivity index (χ1) is 9.34. The SMILES string of the molecule is CCSc1cc(C(F)(F)F)ccc1-c1ncc(C)n1C. The minimum Gasteiger partial charge on any atom is -0.331 e. The van der Waals surface area contributed by atoms with Gasteiger partial charge >= 0.3 is 6.18 Å². The Morgan fingerprint density at radius 2 is 2.00 bits per heavy atom. The van der Waals surface area contributed by atoms with Gasteiger partial charge in [-0.1, -0.05) is 6.92 Å². The molecule has 6 heteroatoms. The lowest BCUT2D eigenvalue weighted by atomic mass is 10.1. The molecular formula is C14H15F3N2S. The fourth-order valence-corrected chi connectivity index (χ4v) is 2.74. The number of rotatable bonds is 3. The number of halogens is 3. The molecule has 2 aromatic rings. The van der Waals surface area contributed by atoms with Gasteiger partial charge in [0, 0.05) is 29.4 Å². The molecule has 1 aromatic heterocycles. The molecule has 1 heterocycles. The van der Waals surface area contributed by atoms with Gasteiger partial charge in [0.05, 0.1) is 5.56 Å². The van der Waals surface area contributed by atoms with E-state index in [-0.39, 0.29) is 0 Å². The third kappa shape index (κ3) is 2.85. The molecule has 1 aromatic carbocycles. The molecular weight excluding hydrogens is 285 g/mol. The van der Waals surface area contributed by atoms with Gasteiger partial charge < -0.3 is 4.57 Å². The number of aromatic nitrogens is 2. The smallest absolute Gasteiger partial charge is 0.331 e. The zero-order chi connectivity index (χ0) is 14.9. The second-order valence-corrected chi connectivity index (χ2v) is 5.73. The van der Waals surface area contributed by atoms with Gasteiger partial charge in [0.2, 0.25) is 0 Å². The number of hydrogen-bond acceptors (Lipinski definition) is 2.